The van der Waals surface area contributed by atoms with E-state index in [9.17, 15) is 13.6 Å². The number of carbonyl (C=O) groups is 1. The van der Waals surface area contributed by atoms with Crippen LogP contribution in [0.15, 0.2) is 43.2 Å². The molecule has 1 saturated carbocycles. The minimum absolute atomic E-state index is 0.0258. The van der Waals surface area contributed by atoms with Gasteiger partial charge in [-0.3, -0.25) is 9.78 Å². The molecular weight excluding hydrogens is 626 g/mol. The summed E-state index contributed by atoms with van der Waals surface area (Å²) in [7, 11) is 1.92. The third kappa shape index (κ3) is 6.97. The normalized spacial score (nSPS) is 20.0. The smallest absolute Gasteiger partial charge is 0.318 e. The van der Waals surface area contributed by atoms with Crippen molar-refractivity contribution in [2.45, 2.75) is 50.7 Å². The number of rotatable bonds is 10. The first-order chi connectivity index (χ1) is 22.6. The molecule has 10 nitrogen and oxygen atoms in total. The molecule has 1 amide bonds. The van der Waals surface area contributed by atoms with Crippen LogP contribution in [0.3, 0.4) is 0 Å². The standard InChI is InChI=1S/C34H39ClF2N8O2/c1-5-30(46)45-12-11-44(19-25(45)16-38-3)32-26-9-10-43(29-17-39-15-24-7-6-8-27(35)31(24)29)20-28(26)40-33(41-32)47-21-22(2)42(4)18-23-13-34(36,37)14-23/h5-8,15,17,22-23,25H,1,9-14,16,18-21H2,2,4H3/t22-,25+/m1/s1. The van der Waals surface area contributed by atoms with Gasteiger partial charge in [-0.15, -0.1) is 0 Å². The molecule has 0 bridgehead atoms. The van der Waals surface area contributed by atoms with E-state index in [0.29, 0.717) is 50.7 Å². The van der Waals surface area contributed by atoms with Crippen LogP contribution in [0.5, 0.6) is 6.01 Å². The number of pyridine rings is 1. The second kappa shape index (κ2) is 13.6. The van der Waals surface area contributed by atoms with Crippen LogP contribution in [0.1, 0.15) is 31.0 Å². The molecule has 13 heteroatoms. The van der Waals surface area contributed by atoms with Crippen molar-refractivity contribution in [1.82, 2.24) is 24.8 Å². The van der Waals surface area contributed by atoms with Gasteiger partial charge in [0.2, 0.25) is 18.4 Å². The van der Waals surface area contributed by atoms with E-state index in [2.05, 4.69) is 26.2 Å². The summed E-state index contributed by atoms with van der Waals surface area (Å²) in [6.07, 6.45) is 5.45. The Morgan fingerprint density at radius 3 is 2.81 bits per heavy atom. The van der Waals surface area contributed by atoms with Gasteiger partial charge in [-0.2, -0.15) is 9.97 Å². The van der Waals surface area contributed by atoms with E-state index in [1.807, 2.05) is 43.3 Å². The second-order valence-corrected chi connectivity index (χ2v) is 13.2. The number of fused-ring (bicyclic) bond motifs is 2. The fourth-order valence-corrected chi connectivity index (χ4v) is 7.15. The quantitative estimate of drug-likeness (QED) is 0.219. The lowest BCUT2D eigenvalue weighted by Gasteiger charge is -2.41. The van der Waals surface area contributed by atoms with Crippen LogP contribution in [0, 0.1) is 12.5 Å². The molecule has 2 aliphatic heterocycles. The van der Waals surface area contributed by atoms with Crippen molar-refractivity contribution < 1.29 is 18.3 Å². The zero-order valence-electron chi connectivity index (χ0n) is 26.7. The predicted octanol–water partition coefficient (Wildman–Crippen LogP) is 5.11. The summed E-state index contributed by atoms with van der Waals surface area (Å²) < 4.78 is 33.0. The molecule has 6 rings (SSSR count). The number of hydrogen-bond donors (Lipinski definition) is 0. The monoisotopic (exact) mass is 664 g/mol. The molecule has 47 heavy (non-hydrogen) atoms. The zero-order valence-corrected chi connectivity index (χ0v) is 27.5. The molecule has 1 saturated heterocycles. The molecule has 0 spiro atoms. The molecule has 0 unspecified atom stereocenters. The maximum atomic E-state index is 13.4. The Kier molecular flexibility index (Phi) is 9.48. The largest absolute Gasteiger partial charge is 0.462 e. The summed E-state index contributed by atoms with van der Waals surface area (Å²) in [6, 6.07) is 5.66. The van der Waals surface area contributed by atoms with Gasteiger partial charge < -0.3 is 29.2 Å². The van der Waals surface area contributed by atoms with Crippen LogP contribution in [-0.2, 0) is 17.8 Å². The molecule has 1 aromatic carbocycles. The van der Waals surface area contributed by atoms with Crippen molar-refractivity contribution in [3.05, 3.63) is 70.9 Å². The number of benzene rings is 1. The van der Waals surface area contributed by atoms with E-state index in [0.717, 1.165) is 33.5 Å². The van der Waals surface area contributed by atoms with Gasteiger partial charge in [0, 0.05) is 74.1 Å². The minimum atomic E-state index is -2.54. The Bertz CT molecular complexity index is 1690. The molecule has 2 atom stereocenters. The van der Waals surface area contributed by atoms with Crippen LogP contribution in [0.25, 0.3) is 15.6 Å². The Morgan fingerprint density at radius 2 is 2.06 bits per heavy atom. The van der Waals surface area contributed by atoms with Gasteiger partial charge in [-0.1, -0.05) is 30.3 Å². The third-order valence-corrected chi connectivity index (χ3v) is 9.86. The lowest BCUT2D eigenvalue weighted by molar-refractivity contribution is -0.128. The van der Waals surface area contributed by atoms with Crippen molar-refractivity contribution in [2.24, 2.45) is 5.92 Å². The predicted molar refractivity (Wildman–Crippen MR) is 178 cm³/mol. The first-order valence-corrected chi connectivity index (χ1v) is 16.3. The molecule has 2 fully saturated rings. The summed E-state index contributed by atoms with van der Waals surface area (Å²) in [4.78, 5) is 38.6. The van der Waals surface area contributed by atoms with E-state index in [4.69, 9.17) is 32.9 Å². The van der Waals surface area contributed by atoms with Crippen molar-refractivity contribution >= 4 is 39.8 Å². The number of aromatic nitrogens is 3. The molecule has 2 aromatic heterocycles. The third-order valence-electron chi connectivity index (χ3n) is 9.54. The summed E-state index contributed by atoms with van der Waals surface area (Å²) in [5.41, 5.74) is 2.75. The fraction of sp³-hybridized carbons (Fsp3) is 0.500. The van der Waals surface area contributed by atoms with E-state index in [1.54, 1.807) is 11.1 Å². The number of alkyl halides is 2. The van der Waals surface area contributed by atoms with Crippen molar-refractivity contribution in [3.8, 4) is 6.01 Å². The highest BCUT2D eigenvalue weighted by atomic mass is 35.5. The van der Waals surface area contributed by atoms with E-state index in [-0.39, 0.29) is 55.9 Å². The van der Waals surface area contributed by atoms with Crippen molar-refractivity contribution in [3.63, 3.8) is 0 Å². The van der Waals surface area contributed by atoms with Crippen molar-refractivity contribution in [1.29, 1.82) is 0 Å². The Labute approximate surface area is 278 Å². The maximum absolute atomic E-state index is 13.4. The number of piperazine rings is 1. The molecule has 4 heterocycles. The van der Waals surface area contributed by atoms with Crippen LogP contribution in [-0.4, -0.2) is 102 Å². The maximum Gasteiger partial charge on any atom is 0.318 e. The van der Waals surface area contributed by atoms with Gasteiger partial charge in [0.25, 0.3) is 0 Å². The number of likely N-dealkylation sites (N-methyl/N-ethyl adjacent to an activating group) is 1. The number of hydrogen-bond acceptors (Lipinski definition) is 8. The Hall–Kier alpha value is -4.08. The first kappa shape index (κ1) is 32.8. The summed E-state index contributed by atoms with van der Waals surface area (Å²) in [6.45, 7) is 16.8. The van der Waals surface area contributed by atoms with Gasteiger partial charge in [-0.25, -0.2) is 15.4 Å². The fourth-order valence-electron chi connectivity index (χ4n) is 6.87. The van der Waals surface area contributed by atoms with Crippen LogP contribution in [0.4, 0.5) is 20.3 Å². The van der Waals surface area contributed by atoms with Gasteiger partial charge in [0.1, 0.15) is 18.5 Å². The summed E-state index contributed by atoms with van der Waals surface area (Å²) in [5.74, 6) is -2.01. The molecule has 3 aliphatic rings. The van der Waals surface area contributed by atoms with Gasteiger partial charge in [-0.05, 0) is 38.5 Å². The number of amides is 1. The SMILES string of the molecule is [C-]#[N+]C[C@H]1CN(c2nc(OC[C@@H](C)N(C)CC3CC(F)(F)C3)nc3c2CCN(c2cncc4cccc(Cl)c24)C3)CCN1C(=O)C=C. The summed E-state index contributed by atoms with van der Waals surface area (Å²) in [5, 5.41) is 2.54. The average molecular weight is 665 g/mol. The number of ether oxygens (including phenoxy) is 1. The Balaban J connectivity index is 1.28. The molecule has 0 N–H and O–H groups in total. The van der Waals surface area contributed by atoms with Gasteiger partial charge in [0.05, 0.1) is 29.1 Å². The van der Waals surface area contributed by atoms with E-state index >= 15 is 0 Å². The topological polar surface area (TPSA) is 82.3 Å². The van der Waals surface area contributed by atoms with Crippen LogP contribution < -0.4 is 14.5 Å². The van der Waals surface area contributed by atoms with Gasteiger partial charge >= 0.3 is 6.01 Å². The average Bonchev–Trinajstić information content (AvgIpc) is 3.05. The number of anilines is 2. The number of carbonyl (C=O) groups excluding carboxylic acids is 1. The van der Waals surface area contributed by atoms with Gasteiger partial charge in [0.15, 0.2) is 0 Å². The Morgan fingerprint density at radius 1 is 1.26 bits per heavy atom. The lowest BCUT2D eigenvalue weighted by atomic mass is 9.81. The number of nitrogens with zero attached hydrogens (tertiary/aromatic N) is 8. The lowest BCUT2D eigenvalue weighted by Crippen LogP contribution is -2.56. The van der Waals surface area contributed by atoms with Crippen LogP contribution >= 0.6 is 11.6 Å². The highest BCUT2D eigenvalue weighted by Crippen LogP contribution is 2.42. The van der Waals surface area contributed by atoms with Crippen LogP contribution in [0.2, 0.25) is 5.02 Å². The van der Waals surface area contributed by atoms with E-state index in [1.165, 1.54) is 6.08 Å². The molecule has 0 radical (unpaired) electrons. The number of halogens is 3. The van der Waals surface area contributed by atoms with Crippen molar-refractivity contribution in [2.75, 3.05) is 62.7 Å². The molecule has 1 aliphatic carbocycles. The van der Waals surface area contributed by atoms with E-state index < -0.39 is 5.92 Å². The minimum Gasteiger partial charge on any atom is -0.462 e. The first-order valence-electron chi connectivity index (χ1n) is 16.0. The second-order valence-electron chi connectivity index (χ2n) is 12.8. The zero-order chi connectivity index (χ0) is 33.3. The molecule has 248 valence electrons. The highest BCUT2D eigenvalue weighted by Gasteiger charge is 2.45. The summed E-state index contributed by atoms with van der Waals surface area (Å²) >= 11 is 6.67. The highest BCUT2D eigenvalue weighted by molar-refractivity contribution is 6.36. The molecule has 3 aromatic rings. The molecular formula is C34H39ClF2N8O2.